The highest BCUT2D eigenvalue weighted by Crippen LogP contribution is 2.28. The molecule has 0 aromatic heterocycles. The summed E-state index contributed by atoms with van der Waals surface area (Å²) in [5.41, 5.74) is 6.73. The standard InChI is InChI=1S/C18H22N2O/c1-13-4-2-3-5-15(13)12-18(20-19)14-6-8-16(9-7-14)21-17-10-11-17/h2-9,17-18,20H,10-12,19H2,1H3. The molecular formula is C18H22N2O. The fourth-order valence-corrected chi connectivity index (χ4v) is 2.49. The molecule has 1 aliphatic rings. The summed E-state index contributed by atoms with van der Waals surface area (Å²) in [4.78, 5) is 0. The van der Waals surface area contributed by atoms with Gasteiger partial charge in [0.15, 0.2) is 0 Å². The third kappa shape index (κ3) is 3.63. The minimum Gasteiger partial charge on any atom is -0.490 e. The molecule has 3 N–H and O–H groups in total. The summed E-state index contributed by atoms with van der Waals surface area (Å²) in [6, 6.07) is 16.8. The third-order valence-corrected chi connectivity index (χ3v) is 4.00. The molecule has 0 saturated heterocycles. The lowest BCUT2D eigenvalue weighted by atomic mass is 9.96. The van der Waals surface area contributed by atoms with E-state index in [2.05, 4.69) is 48.7 Å². The van der Waals surface area contributed by atoms with Crippen molar-refractivity contribution in [1.29, 1.82) is 0 Å². The van der Waals surface area contributed by atoms with Crippen LogP contribution >= 0.6 is 0 Å². The molecule has 0 amide bonds. The Labute approximate surface area is 126 Å². The van der Waals surface area contributed by atoms with Crippen LogP contribution in [-0.4, -0.2) is 6.10 Å². The van der Waals surface area contributed by atoms with Crippen molar-refractivity contribution in [1.82, 2.24) is 5.43 Å². The number of aryl methyl sites for hydroxylation is 1. The molecule has 0 radical (unpaired) electrons. The van der Waals surface area contributed by atoms with E-state index in [1.807, 2.05) is 12.1 Å². The molecule has 3 nitrogen and oxygen atoms in total. The van der Waals surface area contributed by atoms with E-state index in [9.17, 15) is 0 Å². The van der Waals surface area contributed by atoms with Gasteiger partial charge in [0.05, 0.1) is 6.10 Å². The molecule has 3 heteroatoms. The van der Waals surface area contributed by atoms with Crippen molar-refractivity contribution in [2.24, 2.45) is 5.84 Å². The number of nitrogens with one attached hydrogen (secondary N) is 1. The quantitative estimate of drug-likeness (QED) is 0.631. The molecule has 0 heterocycles. The van der Waals surface area contributed by atoms with E-state index in [-0.39, 0.29) is 6.04 Å². The Morgan fingerprint density at radius 1 is 1.14 bits per heavy atom. The third-order valence-electron chi connectivity index (χ3n) is 4.00. The largest absolute Gasteiger partial charge is 0.490 e. The van der Waals surface area contributed by atoms with Gasteiger partial charge in [-0.25, -0.2) is 0 Å². The molecule has 1 fully saturated rings. The Morgan fingerprint density at radius 2 is 1.86 bits per heavy atom. The Hall–Kier alpha value is -1.84. The highest BCUT2D eigenvalue weighted by atomic mass is 16.5. The molecule has 0 bridgehead atoms. The fourth-order valence-electron chi connectivity index (χ4n) is 2.49. The molecule has 1 unspecified atom stereocenters. The number of nitrogens with two attached hydrogens (primary N) is 1. The molecule has 0 spiro atoms. The van der Waals surface area contributed by atoms with E-state index in [0.717, 1.165) is 12.2 Å². The normalized spacial score (nSPS) is 15.7. The van der Waals surface area contributed by atoms with Gasteiger partial charge < -0.3 is 4.74 Å². The summed E-state index contributed by atoms with van der Waals surface area (Å²) in [7, 11) is 0. The molecule has 110 valence electrons. The maximum atomic E-state index is 5.78. The van der Waals surface area contributed by atoms with Crippen LogP contribution < -0.4 is 16.0 Å². The van der Waals surface area contributed by atoms with Crippen LogP contribution in [-0.2, 0) is 6.42 Å². The van der Waals surface area contributed by atoms with Crippen molar-refractivity contribution in [2.45, 2.75) is 38.3 Å². The van der Waals surface area contributed by atoms with Crippen molar-refractivity contribution in [3.63, 3.8) is 0 Å². The first-order chi connectivity index (χ1) is 10.3. The van der Waals surface area contributed by atoms with Gasteiger partial charge >= 0.3 is 0 Å². The molecule has 3 rings (SSSR count). The second-order valence-corrected chi connectivity index (χ2v) is 5.74. The van der Waals surface area contributed by atoms with Crippen molar-refractivity contribution in [2.75, 3.05) is 0 Å². The lowest BCUT2D eigenvalue weighted by Crippen LogP contribution is -2.29. The molecule has 1 saturated carbocycles. The van der Waals surface area contributed by atoms with Crippen LogP contribution in [0, 0.1) is 6.92 Å². The smallest absolute Gasteiger partial charge is 0.119 e. The van der Waals surface area contributed by atoms with Gasteiger partial charge in [0, 0.05) is 6.04 Å². The number of rotatable bonds is 6. The molecule has 1 aliphatic carbocycles. The second kappa shape index (κ2) is 6.29. The molecule has 2 aromatic carbocycles. The average molecular weight is 282 g/mol. The maximum absolute atomic E-state index is 5.78. The molecule has 0 aliphatic heterocycles. The number of ether oxygens (including phenoxy) is 1. The van der Waals surface area contributed by atoms with Gasteiger partial charge in [-0.05, 0) is 55.0 Å². The van der Waals surface area contributed by atoms with Crippen molar-refractivity contribution in [3.05, 3.63) is 65.2 Å². The van der Waals surface area contributed by atoms with Crippen LogP contribution in [0.5, 0.6) is 5.75 Å². The van der Waals surface area contributed by atoms with Crippen molar-refractivity contribution in [3.8, 4) is 5.75 Å². The lowest BCUT2D eigenvalue weighted by Gasteiger charge is -2.18. The van der Waals surface area contributed by atoms with Gasteiger partial charge in [0.2, 0.25) is 0 Å². The number of hydrogen-bond donors (Lipinski definition) is 2. The van der Waals surface area contributed by atoms with Crippen LogP contribution in [0.1, 0.15) is 35.6 Å². The monoisotopic (exact) mass is 282 g/mol. The van der Waals surface area contributed by atoms with Crippen LogP contribution in [0.3, 0.4) is 0 Å². The Bertz CT molecular complexity index is 590. The van der Waals surface area contributed by atoms with Gasteiger partial charge in [0.1, 0.15) is 5.75 Å². The first-order valence-electron chi connectivity index (χ1n) is 7.53. The molecule has 2 aromatic rings. The Balaban J connectivity index is 1.71. The van der Waals surface area contributed by atoms with E-state index in [0.29, 0.717) is 6.10 Å². The van der Waals surface area contributed by atoms with E-state index >= 15 is 0 Å². The summed E-state index contributed by atoms with van der Waals surface area (Å²) in [6.45, 7) is 2.13. The van der Waals surface area contributed by atoms with Crippen LogP contribution in [0.25, 0.3) is 0 Å². The lowest BCUT2D eigenvalue weighted by molar-refractivity contribution is 0.303. The zero-order valence-corrected chi connectivity index (χ0v) is 12.4. The van der Waals surface area contributed by atoms with Crippen LogP contribution in [0.4, 0.5) is 0 Å². The average Bonchev–Trinajstić information content (AvgIpc) is 3.31. The van der Waals surface area contributed by atoms with Crippen LogP contribution in [0.2, 0.25) is 0 Å². The summed E-state index contributed by atoms with van der Waals surface area (Å²) in [6.07, 6.45) is 3.68. The topological polar surface area (TPSA) is 47.3 Å². The Morgan fingerprint density at radius 3 is 2.48 bits per heavy atom. The Kier molecular flexibility index (Phi) is 4.23. The summed E-state index contributed by atoms with van der Waals surface area (Å²) in [5, 5.41) is 0. The molecular weight excluding hydrogens is 260 g/mol. The number of hydrogen-bond acceptors (Lipinski definition) is 3. The molecule has 21 heavy (non-hydrogen) atoms. The number of benzene rings is 2. The zero-order chi connectivity index (χ0) is 14.7. The molecule has 1 atom stereocenters. The highest BCUT2D eigenvalue weighted by molar-refractivity contribution is 5.32. The van der Waals surface area contributed by atoms with Crippen LogP contribution in [0.15, 0.2) is 48.5 Å². The summed E-state index contributed by atoms with van der Waals surface area (Å²) in [5.74, 6) is 6.70. The van der Waals surface area contributed by atoms with Crippen molar-refractivity contribution < 1.29 is 4.74 Å². The van der Waals surface area contributed by atoms with E-state index in [1.54, 1.807) is 0 Å². The van der Waals surface area contributed by atoms with Gasteiger partial charge in [-0.15, -0.1) is 0 Å². The van der Waals surface area contributed by atoms with E-state index in [4.69, 9.17) is 10.6 Å². The van der Waals surface area contributed by atoms with E-state index in [1.165, 1.54) is 29.5 Å². The first kappa shape index (κ1) is 14.1. The predicted molar refractivity (Wildman–Crippen MR) is 85.0 cm³/mol. The van der Waals surface area contributed by atoms with Crippen molar-refractivity contribution >= 4 is 0 Å². The SMILES string of the molecule is Cc1ccccc1CC(NN)c1ccc(OC2CC2)cc1. The number of hydrazine groups is 1. The van der Waals surface area contributed by atoms with Gasteiger partial charge in [-0.3, -0.25) is 11.3 Å². The minimum atomic E-state index is 0.112. The summed E-state index contributed by atoms with van der Waals surface area (Å²) >= 11 is 0. The second-order valence-electron chi connectivity index (χ2n) is 5.74. The van der Waals surface area contributed by atoms with E-state index < -0.39 is 0 Å². The zero-order valence-electron chi connectivity index (χ0n) is 12.4. The highest BCUT2D eigenvalue weighted by Gasteiger charge is 2.23. The van der Waals surface area contributed by atoms with Gasteiger partial charge in [0.25, 0.3) is 0 Å². The van der Waals surface area contributed by atoms with Gasteiger partial charge in [-0.2, -0.15) is 0 Å². The predicted octanol–water partition coefficient (Wildman–Crippen LogP) is 3.28. The summed E-state index contributed by atoms with van der Waals surface area (Å²) < 4.78 is 5.78. The fraction of sp³-hybridized carbons (Fsp3) is 0.333. The van der Waals surface area contributed by atoms with Gasteiger partial charge in [-0.1, -0.05) is 36.4 Å². The minimum absolute atomic E-state index is 0.112. The first-order valence-corrected chi connectivity index (χ1v) is 7.53. The maximum Gasteiger partial charge on any atom is 0.119 e.